The fourth-order valence-corrected chi connectivity index (χ4v) is 9.83. The molecule has 53 heavy (non-hydrogen) atoms. The van der Waals surface area contributed by atoms with Gasteiger partial charge in [-0.2, -0.15) is 0 Å². The minimum atomic E-state index is -6.60. The molecule has 0 bridgehead atoms. The third-order valence-corrected chi connectivity index (χ3v) is 13.1. The number of phosphoric ester groups is 2. The Morgan fingerprint density at radius 2 is 0.962 bits per heavy atom. The average Bonchev–Trinajstić information content (AvgIpc) is 3.80. The molecule has 8 N–H and O–H groups in total. The van der Waals surface area contributed by atoms with Crippen molar-refractivity contribution in [1.82, 2.24) is 39.0 Å². The number of hydrogen-bond acceptors (Lipinski definition) is 27. The van der Waals surface area contributed by atoms with Gasteiger partial charge in [-0.15, -0.1) is 0 Å². The van der Waals surface area contributed by atoms with Crippen molar-refractivity contribution in [3.8, 4) is 0 Å². The molecular weight excluding hydrogens is 808 g/mol. The molecule has 7 unspecified atom stereocenters. The molecule has 0 spiro atoms. The summed E-state index contributed by atoms with van der Waals surface area (Å²) >= 11 is 0. The van der Waals surface area contributed by atoms with E-state index in [-0.39, 0.29) is 34.0 Å². The van der Waals surface area contributed by atoms with E-state index < -0.39 is 93.6 Å². The van der Waals surface area contributed by atoms with Crippen molar-refractivity contribution < 1.29 is 89.7 Å². The molecule has 2 aliphatic heterocycles. The van der Waals surface area contributed by atoms with Crippen molar-refractivity contribution in [2.45, 2.75) is 49.1 Å². The molecule has 0 amide bonds. The molecule has 0 aliphatic carbocycles. The Morgan fingerprint density at radius 1 is 0.604 bits per heavy atom. The first-order valence-electron chi connectivity index (χ1n) is 14.2. The van der Waals surface area contributed by atoms with E-state index in [0.717, 1.165) is 34.4 Å². The number of aliphatic hydroxyl groups is 4. The van der Waals surface area contributed by atoms with Gasteiger partial charge < -0.3 is 70.0 Å². The number of hydrogen-bond donors (Lipinski definition) is 6. The smallest absolute Gasteiger partial charge is 0.280 e. The molecule has 2 fully saturated rings. The van der Waals surface area contributed by atoms with Gasteiger partial charge in [0.25, 0.3) is 31.3 Å². The predicted octanol–water partition coefficient (Wildman–Crippen LogP) is -4.97. The molecular formula is C20H24N10O19P4-4. The van der Waals surface area contributed by atoms with Crippen molar-refractivity contribution in [2.24, 2.45) is 0 Å². The molecule has 12 atom stereocenters. The Labute approximate surface area is 293 Å². The third kappa shape index (κ3) is 8.48. The summed E-state index contributed by atoms with van der Waals surface area (Å²) in [6.45, 7) is -2.45. The Morgan fingerprint density at radius 3 is 1.34 bits per heavy atom. The molecule has 2 saturated heterocycles. The van der Waals surface area contributed by atoms with Crippen LogP contribution in [0, 0.1) is 0 Å². The standard InChI is InChI=1S/C20H28N10O19P4/c21-15-9-17(25-3-23-15)29(5-27-9)19-13(33)11(31)7(45-19)1-43-50(35,36)47-52(39,40)49-53(41,42)48-51(37,38)44-2-8-12(32)14(34)20(46-8)30-6-28-10-16(22)24-4-26-18(10)30/h3-8,11-14,19-20,31-34H,1-2H2,(H,35,36)(H,37,38)(H,39,40)(H,41,42)(H2,21,23,25)(H2,22,24,26)/p-4/t7-,8-,11?,12?,13+,14?,19-,20-/m1/s1. The molecule has 4 aromatic heterocycles. The summed E-state index contributed by atoms with van der Waals surface area (Å²) in [6.07, 6.45) is -9.15. The molecule has 6 rings (SSSR count). The van der Waals surface area contributed by atoms with Crippen LogP contribution in [0.1, 0.15) is 12.5 Å². The van der Waals surface area contributed by atoms with Gasteiger partial charge in [0, 0.05) is 0 Å². The first kappa shape index (κ1) is 39.7. The van der Waals surface area contributed by atoms with Gasteiger partial charge in [0.2, 0.25) is 0 Å². The van der Waals surface area contributed by atoms with Crippen LogP contribution in [0.2, 0.25) is 0 Å². The van der Waals surface area contributed by atoms with E-state index in [1.165, 1.54) is 0 Å². The molecule has 292 valence electrons. The molecule has 2 aliphatic rings. The van der Waals surface area contributed by atoms with E-state index in [4.69, 9.17) is 20.9 Å². The van der Waals surface area contributed by atoms with Crippen molar-refractivity contribution in [3.63, 3.8) is 0 Å². The highest BCUT2D eigenvalue weighted by Gasteiger charge is 2.46. The molecule has 29 nitrogen and oxygen atoms in total. The first-order valence-corrected chi connectivity index (χ1v) is 20.1. The van der Waals surface area contributed by atoms with Gasteiger partial charge >= 0.3 is 0 Å². The maximum absolute atomic E-state index is 12.2. The minimum absolute atomic E-state index is 0.0363. The summed E-state index contributed by atoms with van der Waals surface area (Å²) in [4.78, 5) is 72.0. The van der Waals surface area contributed by atoms with Crippen molar-refractivity contribution in [3.05, 3.63) is 25.3 Å². The zero-order valence-corrected chi connectivity index (χ0v) is 29.4. The average molecular weight is 832 g/mol. The molecule has 33 heteroatoms. The molecule has 0 radical (unpaired) electrons. The van der Waals surface area contributed by atoms with E-state index in [1.807, 2.05) is 0 Å². The highest BCUT2D eigenvalue weighted by molar-refractivity contribution is 7.68. The number of imidazole rings is 2. The minimum Gasteiger partial charge on any atom is -0.756 e. The van der Waals surface area contributed by atoms with Crippen molar-refractivity contribution >= 4 is 65.3 Å². The number of anilines is 2. The lowest BCUT2D eigenvalue weighted by Gasteiger charge is -2.36. The molecule has 0 aromatic carbocycles. The van der Waals surface area contributed by atoms with Crippen LogP contribution in [0.3, 0.4) is 0 Å². The number of nitrogen functional groups attached to an aromatic ring is 2. The van der Waals surface area contributed by atoms with Crippen LogP contribution in [0.4, 0.5) is 11.6 Å². The van der Waals surface area contributed by atoms with Crippen LogP contribution in [0.5, 0.6) is 0 Å². The summed E-state index contributed by atoms with van der Waals surface area (Å²) in [7, 11) is -25.4. The Kier molecular flexibility index (Phi) is 10.9. The van der Waals surface area contributed by atoms with Crippen LogP contribution in [0.15, 0.2) is 25.3 Å². The van der Waals surface area contributed by atoms with Gasteiger partial charge in [-0.1, -0.05) is 0 Å². The van der Waals surface area contributed by atoms with Crippen LogP contribution >= 0.6 is 31.3 Å². The number of fused-ring (bicyclic) bond motifs is 2. The van der Waals surface area contributed by atoms with E-state index in [0.29, 0.717) is 0 Å². The van der Waals surface area contributed by atoms with Gasteiger partial charge in [0.1, 0.15) is 60.3 Å². The second-order valence-corrected chi connectivity index (χ2v) is 16.9. The molecule has 0 saturated carbocycles. The highest BCUT2D eigenvalue weighted by Crippen LogP contribution is 2.67. The zero-order chi connectivity index (χ0) is 38.7. The third-order valence-electron chi connectivity index (χ3n) is 7.39. The van der Waals surface area contributed by atoms with Crippen molar-refractivity contribution in [1.29, 1.82) is 0 Å². The fourth-order valence-electron chi connectivity index (χ4n) is 5.08. The number of nitrogens with zero attached hydrogens (tertiary/aromatic N) is 8. The SMILES string of the molecule is Nc1ncnc2c1ncn2[C@@H]1O[C@H](COP(=O)([O-])OP(=O)([O-])OP(=O)([O-])OP(=O)([O-])OC[C@H]2O[C@@H](n3cnc4c(N)ncnc43)[C@@H](O)C2O)C(O)C1O. The Bertz CT molecular complexity index is 2040. The van der Waals surface area contributed by atoms with Gasteiger partial charge in [-0.3, -0.25) is 27.4 Å². The number of rotatable bonds is 14. The summed E-state index contributed by atoms with van der Waals surface area (Å²) < 4.78 is 81.2. The summed E-state index contributed by atoms with van der Waals surface area (Å²) in [5, 5.41) is 41.6. The van der Waals surface area contributed by atoms with Crippen LogP contribution in [-0.2, 0) is 49.7 Å². The predicted molar refractivity (Wildman–Crippen MR) is 157 cm³/mol. The van der Waals surface area contributed by atoms with Crippen LogP contribution in [0.25, 0.3) is 22.3 Å². The maximum Gasteiger partial charge on any atom is 0.280 e. The normalized spacial score (nSPS) is 30.9. The van der Waals surface area contributed by atoms with Crippen molar-refractivity contribution in [2.75, 3.05) is 24.7 Å². The first-order chi connectivity index (χ1) is 24.7. The number of aliphatic hydroxyl groups excluding tert-OH is 4. The lowest BCUT2D eigenvalue weighted by molar-refractivity contribution is -0.255. The van der Waals surface area contributed by atoms with E-state index >= 15 is 0 Å². The number of ether oxygens (including phenoxy) is 2. The summed E-state index contributed by atoms with van der Waals surface area (Å²) in [6, 6.07) is 0. The van der Waals surface area contributed by atoms with Gasteiger partial charge in [-0.05, 0) is 0 Å². The fraction of sp³-hybridized carbons (Fsp3) is 0.500. The Balaban J connectivity index is 1.01. The van der Waals surface area contributed by atoms with Crippen LogP contribution < -0.4 is 31.0 Å². The largest absolute Gasteiger partial charge is 0.756 e. The van der Waals surface area contributed by atoms with Gasteiger partial charge in [0.15, 0.2) is 35.4 Å². The van der Waals surface area contributed by atoms with E-state index in [9.17, 15) is 58.3 Å². The lowest BCUT2D eigenvalue weighted by atomic mass is 10.1. The quantitative estimate of drug-likeness (QED) is 0.0648. The zero-order valence-electron chi connectivity index (χ0n) is 25.8. The number of aromatic nitrogens is 8. The summed E-state index contributed by atoms with van der Waals surface area (Å²) in [5.74, 6) is -0.0726. The lowest BCUT2D eigenvalue weighted by Crippen LogP contribution is -2.34. The summed E-state index contributed by atoms with van der Waals surface area (Å²) in [5.41, 5.74) is 11.7. The van der Waals surface area contributed by atoms with E-state index in [1.54, 1.807) is 0 Å². The van der Waals surface area contributed by atoms with E-state index in [2.05, 4.69) is 51.9 Å². The maximum atomic E-state index is 12.2. The second-order valence-electron chi connectivity index (χ2n) is 10.9. The highest BCUT2D eigenvalue weighted by atomic mass is 31.3. The van der Waals surface area contributed by atoms with Crippen LogP contribution in [-0.4, -0.2) is 109 Å². The monoisotopic (exact) mass is 832 g/mol. The Hall–Kier alpha value is -2.98. The topological polar surface area (TPSA) is 445 Å². The molecule has 6 heterocycles. The molecule has 4 aromatic rings. The van der Waals surface area contributed by atoms with Gasteiger partial charge in [0.05, 0.1) is 25.9 Å². The number of phosphoric acid groups is 4. The van der Waals surface area contributed by atoms with Gasteiger partial charge in [-0.25, -0.2) is 42.8 Å². The number of nitrogens with two attached hydrogens (primary N) is 2. The second kappa shape index (κ2) is 14.6.